The summed E-state index contributed by atoms with van der Waals surface area (Å²) >= 11 is 0. The highest BCUT2D eigenvalue weighted by atomic mass is 16.2. The van der Waals surface area contributed by atoms with Gasteiger partial charge in [-0.1, -0.05) is 13.5 Å². The van der Waals surface area contributed by atoms with Gasteiger partial charge in [-0.3, -0.25) is 9.59 Å². The summed E-state index contributed by atoms with van der Waals surface area (Å²) in [6.07, 6.45) is 2.38. The molecule has 2 N–H and O–H groups in total. The van der Waals surface area contributed by atoms with Crippen molar-refractivity contribution in [1.29, 1.82) is 0 Å². The Morgan fingerprint density at radius 3 is 2.77 bits per heavy atom. The maximum absolute atomic E-state index is 11.9. The number of carbonyl (C=O) groups is 2. The predicted molar refractivity (Wildman–Crippen MR) is 78.0 cm³/mol. The van der Waals surface area contributed by atoms with Crippen molar-refractivity contribution in [3.05, 3.63) is 36.3 Å². The maximum Gasteiger partial charge on any atom is 0.294 e. The highest BCUT2D eigenvalue weighted by Gasteiger charge is 2.14. The molecule has 2 heterocycles. The van der Waals surface area contributed by atoms with Crippen LogP contribution in [-0.2, 0) is 11.8 Å². The van der Waals surface area contributed by atoms with E-state index in [4.69, 9.17) is 0 Å². The highest BCUT2D eigenvalue weighted by molar-refractivity contribution is 5.93. The van der Waals surface area contributed by atoms with Crippen molar-refractivity contribution in [3.63, 3.8) is 0 Å². The average molecular weight is 303 g/mol. The maximum atomic E-state index is 11.9. The lowest BCUT2D eigenvalue weighted by Gasteiger charge is -2.06. The van der Waals surface area contributed by atoms with Gasteiger partial charge in [0.05, 0.1) is 6.67 Å². The first kappa shape index (κ1) is 15.4. The van der Waals surface area contributed by atoms with E-state index in [1.165, 1.54) is 4.80 Å². The van der Waals surface area contributed by atoms with E-state index in [1.54, 1.807) is 10.6 Å². The minimum atomic E-state index is -0.525. The summed E-state index contributed by atoms with van der Waals surface area (Å²) in [6.45, 7) is 5.40. The molecule has 116 valence electrons. The molecule has 0 atom stereocenters. The summed E-state index contributed by atoms with van der Waals surface area (Å²) in [6, 6.07) is 3.62. The van der Waals surface area contributed by atoms with Gasteiger partial charge in [-0.05, 0) is 23.8 Å². The van der Waals surface area contributed by atoms with Crippen molar-refractivity contribution in [2.24, 2.45) is 7.05 Å². The van der Waals surface area contributed by atoms with E-state index in [-0.39, 0.29) is 18.4 Å². The van der Waals surface area contributed by atoms with E-state index < -0.39 is 5.91 Å². The summed E-state index contributed by atoms with van der Waals surface area (Å²) in [4.78, 5) is 24.6. The van der Waals surface area contributed by atoms with Gasteiger partial charge in [-0.2, -0.15) is 0 Å². The lowest BCUT2D eigenvalue weighted by molar-refractivity contribution is -0.117. The third-order valence-electron chi connectivity index (χ3n) is 2.98. The normalized spacial score (nSPS) is 10.3. The first-order valence-electron chi connectivity index (χ1n) is 6.68. The molecule has 0 radical (unpaired) electrons. The number of tetrazole rings is 1. The Hall–Kier alpha value is -2.97. The number of hydrogen-bond acceptors (Lipinski definition) is 5. The van der Waals surface area contributed by atoms with Crippen LogP contribution in [0.4, 0.5) is 0 Å². The van der Waals surface area contributed by atoms with Crippen LogP contribution in [0.1, 0.15) is 24.0 Å². The molecule has 0 saturated carbocycles. The summed E-state index contributed by atoms with van der Waals surface area (Å²) in [5.41, 5.74) is 0.446. The fourth-order valence-electron chi connectivity index (χ4n) is 1.63. The molecule has 0 aliphatic carbocycles. The Morgan fingerprint density at radius 1 is 1.36 bits per heavy atom. The van der Waals surface area contributed by atoms with Crippen LogP contribution in [0.15, 0.2) is 30.5 Å². The van der Waals surface area contributed by atoms with Crippen molar-refractivity contribution in [1.82, 2.24) is 35.4 Å². The number of aryl methyl sites for hydroxylation is 1. The lowest BCUT2D eigenvalue weighted by Crippen LogP contribution is -2.38. The Morgan fingerprint density at radius 2 is 2.14 bits per heavy atom. The molecule has 0 fully saturated rings. The van der Waals surface area contributed by atoms with Crippen LogP contribution in [0.5, 0.6) is 0 Å². The monoisotopic (exact) mass is 303 g/mol. The number of hydrogen-bond donors (Lipinski definition) is 2. The summed E-state index contributed by atoms with van der Waals surface area (Å²) < 4.78 is 1.79. The molecule has 0 bridgehead atoms. The fourth-order valence-corrected chi connectivity index (χ4v) is 1.63. The number of nitrogens with one attached hydrogen (secondary N) is 2. The number of rotatable bonds is 6. The van der Waals surface area contributed by atoms with Gasteiger partial charge in [0.2, 0.25) is 5.91 Å². The molecule has 0 aromatic carbocycles. The molecule has 2 rings (SSSR count). The largest absolute Gasteiger partial charge is 0.335 e. The first-order valence-corrected chi connectivity index (χ1v) is 6.68. The quantitative estimate of drug-likeness (QED) is 0.566. The third kappa shape index (κ3) is 3.37. The third-order valence-corrected chi connectivity index (χ3v) is 2.98. The second-order valence-corrected chi connectivity index (χ2v) is 4.53. The molecule has 9 nitrogen and oxygen atoms in total. The van der Waals surface area contributed by atoms with Gasteiger partial charge >= 0.3 is 0 Å². The van der Waals surface area contributed by atoms with E-state index in [1.807, 2.05) is 26.2 Å². The SMILES string of the molecule is C=C(CC)C(=O)NCNC(=O)c1nnn(-c2cccn2C)n1. The Kier molecular flexibility index (Phi) is 4.66. The van der Waals surface area contributed by atoms with Gasteiger partial charge in [0.1, 0.15) is 0 Å². The molecule has 0 saturated heterocycles. The van der Waals surface area contributed by atoms with Crippen LogP contribution >= 0.6 is 0 Å². The highest BCUT2D eigenvalue weighted by Crippen LogP contribution is 2.03. The van der Waals surface area contributed by atoms with Crippen LogP contribution < -0.4 is 10.6 Å². The average Bonchev–Trinajstić information content (AvgIpc) is 3.14. The molecule has 0 spiro atoms. The van der Waals surface area contributed by atoms with Crippen molar-refractivity contribution in [3.8, 4) is 5.82 Å². The lowest BCUT2D eigenvalue weighted by atomic mass is 10.2. The second-order valence-electron chi connectivity index (χ2n) is 4.53. The van der Waals surface area contributed by atoms with Crippen molar-refractivity contribution in [2.45, 2.75) is 13.3 Å². The number of nitrogens with zero attached hydrogens (tertiary/aromatic N) is 5. The van der Waals surface area contributed by atoms with Crippen LogP contribution in [0.25, 0.3) is 5.82 Å². The molecular weight excluding hydrogens is 286 g/mol. The second kappa shape index (κ2) is 6.66. The van der Waals surface area contributed by atoms with E-state index >= 15 is 0 Å². The number of aromatic nitrogens is 5. The molecule has 0 aliphatic heterocycles. The zero-order chi connectivity index (χ0) is 16.1. The van der Waals surface area contributed by atoms with Gasteiger partial charge in [-0.15, -0.1) is 15.0 Å². The van der Waals surface area contributed by atoms with E-state index in [0.29, 0.717) is 17.8 Å². The van der Waals surface area contributed by atoms with E-state index in [0.717, 1.165) is 0 Å². The molecule has 22 heavy (non-hydrogen) atoms. The molecule has 2 aromatic rings. The van der Waals surface area contributed by atoms with Crippen LogP contribution in [0, 0.1) is 0 Å². The smallest absolute Gasteiger partial charge is 0.294 e. The molecule has 9 heteroatoms. The predicted octanol–water partition coefficient (Wildman–Crippen LogP) is -0.229. The van der Waals surface area contributed by atoms with Crippen LogP contribution in [0.2, 0.25) is 0 Å². The summed E-state index contributed by atoms with van der Waals surface area (Å²) in [7, 11) is 1.83. The Labute approximate surface area is 127 Å². The molecule has 2 aromatic heterocycles. The van der Waals surface area contributed by atoms with Crippen LogP contribution in [-0.4, -0.2) is 43.3 Å². The molecular formula is C13H17N7O2. The molecule has 2 amide bonds. The number of amides is 2. The van der Waals surface area contributed by atoms with Gasteiger partial charge in [0.25, 0.3) is 11.7 Å². The first-order chi connectivity index (χ1) is 10.5. The summed E-state index contributed by atoms with van der Waals surface area (Å²) in [5.74, 6) is -0.227. The van der Waals surface area contributed by atoms with Crippen molar-refractivity contribution in [2.75, 3.05) is 6.67 Å². The van der Waals surface area contributed by atoms with E-state index in [2.05, 4.69) is 32.6 Å². The Balaban J connectivity index is 1.91. The number of carbonyl (C=O) groups excluding carboxylic acids is 2. The molecule has 0 aliphatic rings. The van der Waals surface area contributed by atoms with Crippen molar-refractivity contribution >= 4 is 11.8 Å². The standard InChI is InChI=1S/C13H17N7O2/c1-4-9(2)12(21)14-8-15-13(22)11-16-18-20(17-11)10-6-5-7-19(10)3/h5-7H,2,4,8H2,1,3H3,(H,14,21)(H,15,22). The topological polar surface area (TPSA) is 107 Å². The van der Waals surface area contributed by atoms with Crippen molar-refractivity contribution < 1.29 is 9.59 Å². The van der Waals surface area contributed by atoms with Gasteiger partial charge in [-0.25, -0.2) is 0 Å². The minimum Gasteiger partial charge on any atom is -0.335 e. The summed E-state index contributed by atoms with van der Waals surface area (Å²) in [5, 5.41) is 16.5. The zero-order valence-corrected chi connectivity index (χ0v) is 12.4. The zero-order valence-electron chi connectivity index (χ0n) is 12.4. The molecule has 0 unspecified atom stereocenters. The van der Waals surface area contributed by atoms with Gasteiger partial charge < -0.3 is 15.2 Å². The van der Waals surface area contributed by atoms with Gasteiger partial charge in [0.15, 0.2) is 5.82 Å². The van der Waals surface area contributed by atoms with Gasteiger partial charge in [0, 0.05) is 18.8 Å². The minimum absolute atomic E-state index is 0.0324. The van der Waals surface area contributed by atoms with Crippen LogP contribution in [0.3, 0.4) is 0 Å². The Bertz CT molecular complexity index is 701. The fraction of sp³-hybridized carbons (Fsp3) is 0.308. The van der Waals surface area contributed by atoms with E-state index in [9.17, 15) is 9.59 Å².